The summed E-state index contributed by atoms with van der Waals surface area (Å²) in [6.45, 7) is 5.21. The van der Waals surface area contributed by atoms with Gasteiger partial charge in [0, 0.05) is 12.6 Å². The highest BCUT2D eigenvalue weighted by atomic mass is 16.3. The number of benzene rings is 1. The molecule has 0 radical (unpaired) electrons. The fourth-order valence-electron chi connectivity index (χ4n) is 1.36. The first kappa shape index (κ1) is 13.5. The van der Waals surface area contributed by atoms with Crippen molar-refractivity contribution < 1.29 is 15.0 Å². The number of phenols is 1. The van der Waals surface area contributed by atoms with Crippen LogP contribution in [-0.2, 0) is 0 Å². The van der Waals surface area contributed by atoms with Crippen LogP contribution >= 0.6 is 0 Å². The topological polar surface area (TPSA) is 60.8 Å². The SMILES string of the molecule is Cc1cc(C(=O)N(C)C(C)(C)CO)ccc1O. The van der Waals surface area contributed by atoms with Crippen LogP contribution in [0.15, 0.2) is 18.2 Å². The zero-order chi connectivity index (χ0) is 13.2. The molecule has 1 rings (SSSR count). The van der Waals surface area contributed by atoms with Gasteiger partial charge in [-0.3, -0.25) is 4.79 Å². The maximum Gasteiger partial charge on any atom is 0.254 e. The molecule has 0 aliphatic heterocycles. The number of likely N-dealkylation sites (N-methyl/N-ethyl adjacent to an activating group) is 1. The second-order valence-corrected chi connectivity index (χ2v) is 4.84. The maximum absolute atomic E-state index is 12.1. The minimum atomic E-state index is -0.608. The highest BCUT2D eigenvalue weighted by Crippen LogP contribution is 2.20. The quantitative estimate of drug-likeness (QED) is 0.838. The van der Waals surface area contributed by atoms with Gasteiger partial charge in [0.1, 0.15) is 5.75 Å². The fourth-order valence-corrected chi connectivity index (χ4v) is 1.36. The number of rotatable bonds is 3. The van der Waals surface area contributed by atoms with Gasteiger partial charge in [0.05, 0.1) is 12.1 Å². The number of aliphatic hydroxyl groups is 1. The summed E-state index contributed by atoms with van der Waals surface area (Å²) in [5.41, 5.74) is 0.554. The molecule has 0 aliphatic carbocycles. The predicted octanol–water partition coefficient (Wildman–Crippen LogP) is 1.54. The van der Waals surface area contributed by atoms with E-state index in [0.717, 1.165) is 0 Å². The first-order valence-electron chi connectivity index (χ1n) is 5.48. The average molecular weight is 237 g/mol. The summed E-state index contributed by atoms with van der Waals surface area (Å²) in [6.07, 6.45) is 0. The van der Waals surface area contributed by atoms with Crippen LogP contribution in [0.25, 0.3) is 0 Å². The Kier molecular flexibility index (Phi) is 3.78. The van der Waals surface area contributed by atoms with Crippen LogP contribution in [0.2, 0.25) is 0 Å². The molecule has 0 atom stereocenters. The van der Waals surface area contributed by atoms with Gasteiger partial charge in [0.25, 0.3) is 5.91 Å². The molecule has 1 aromatic carbocycles. The molecule has 0 spiro atoms. The smallest absolute Gasteiger partial charge is 0.254 e. The van der Waals surface area contributed by atoms with Gasteiger partial charge < -0.3 is 15.1 Å². The van der Waals surface area contributed by atoms with E-state index in [2.05, 4.69) is 0 Å². The van der Waals surface area contributed by atoms with Crippen LogP contribution in [0.3, 0.4) is 0 Å². The lowest BCUT2D eigenvalue weighted by atomic mass is 10.0. The van der Waals surface area contributed by atoms with E-state index in [-0.39, 0.29) is 18.3 Å². The minimum absolute atomic E-state index is 0.105. The van der Waals surface area contributed by atoms with E-state index in [9.17, 15) is 15.0 Å². The summed E-state index contributed by atoms with van der Waals surface area (Å²) in [6, 6.07) is 4.72. The number of carbonyl (C=O) groups is 1. The molecule has 4 nitrogen and oxygen atoms in total. The van der Waals surface area contributed by atoms with Crippen LogP contribution in [-0.4, -0.2) is 40.2 Å². The van der Waals surface area contributed by atoms with E-state index in [0.29, 0.717) is 11.1 Å². The van der Waals surface area contributed by atoms with E-state index in [1.54, 1.807) is 40.0 Å². The first-order valence-corrected chi connectivity index (χ1v) is 5.48. The molecule has 4 heteroatoms. The molecule has 94 valence electrons. The van der Waals surface area contributed by atoms with Crippen molar-refractivity contribution in [2.45, 2.75) is 26.3 Å². The molecule has 0 aromatic heterocycles. The van der Waals surface area contributed by atoms with Crippen molar-refractivity contribution >= 4 is 5.91 Å². The van der Waals surface area contributed by atoms with Crippen LogP contribution < -0.4 is 0 Å². The lowest BCUT2D eigenvalue weighted by Gasteiger charge is -2.34. The molecule has 0 aliphatic rings. The summed E-state index contributed by atoms with van der Waals surface area (Å²) in [7, 11) is 1.65. The van der Waals surface area contributed by atoms with Gasteiger partial charge in [-0.05, 0) is 44.5 Å². The van der Waals surface area contributed by atoms with Gasteiger partial charge in [-0.25, -0.2) is 0 Å². The number of nitrogens with zero attached hydrogens (tertiary/aromatic N) is 1. The van der Waals surface area contributed by atoms with Crippen molar-refractivity contribution in [1.82, 2.24) is 4.90 Å². The number of aliphatic hydroxyl groups excluding tert-OH is 1. The van der Waals surface area contributed by atoms with Crippen LogP contribution in [0.1, 0.15) is 29.8 Å². The zero-order valence-electron chi connectivity index (χ0n) is 10.7. The molecule has 0 saturated carbocycles. The molecule has 2 N–H and O–H groups in total. The van der Waals surface area contributed by atoms with Crippen molar-refractivity contribution in [2.75, 3.05) is 13.7 Å². The minimum Gasteiger partial charge on any atom is -0.508 e. The Balaban J connectivity index is 3.01. The third-order valence-electron chi connectivity index (χ3n) is 3.04. The maximum atomic E-state index is 12.1. The van der Waals surface area contributed by atoms with E-state index >= 15 is 0 Å². The Bertz CT molecular complexity index is 427. The third-order valence-corrected chi connectivity index (χ3v) is 3.04. The summed E-state index contributed by atoms with van der Waals surface area (Å²) in [5.74, 6) is -0.00206. The molecule has 0 bridgehead atoms. The Hall–Kier alpha value is -1.55. The molecule has 1 amide bonds. The summed E-state index contributed by atoms with van der Waals surface area (Å²) in [4.78, 5) is 13.6. The van der Waals surface area contributed by atoms with Gasteiger partial charge >= 0.3 is 0 Å². The predicted molar refractivity (Wildman–Crippen MR) is 66.1 cm³/mol. The summed E-state index contributed by atoms with van der Waals surface area (Å²) in [5, 5.41) is 18.6. The van der Waals surface area contributed by atoms with Gasteiger partial charge in [-0.2, -0.15) is 0 Å². The normalized spacial score (nSPS) is 11.4. The number of phenolic OH excluding ortho intramolecular Hbond substituents is 1. The Labute approximate surface area is 101 Å². The number of hydrogen-bond acceptors (Lipinski definition) is 3. The largest absolute Gasteiger partial charge is 0.508 e. The monoisotopic (exact) mass is 237 g/mol. The van der Waals surface area contributed by atoms with Crippen LogP contribution in [0.5, 0.6) is 5.75 Å². The standard InChI is InChI=1S/C13H19NO3/c1-9-7-10(5-6-11(9)16)12(17)14(4)13(2,3)8-15/h5-7,15-16H,8H2,1-4H3. The Morgan fingerprint density at radius 3 is 2.47 bits per heavy atom. The Morgan fingerprint density at radius 1 is 1.41 bits per heavy atom. The van der Waals surface area contributed by atoms with Crippen molar-refractivity contribution in [3.05, 3.63) is 29.3 Å². The van der Waals surface area contributed by atoms with Crippen molar-refractivity contribution in [3.63, 3.8) is 0 Å². The van der Waals surface area contributed by atoms with Gasteiger partial charge in [0.15, 0.2) is 0 Å². The van der Waals surface area contributed by atoms with Crippen LogP contribution in [0, 0.1) is 6.92 Å². The van der Waals surface area contributed by atoms with Crippen molar-refractivity contribution in [3.8, 4) is 5.75 Å². The Morgan fingerprint density at radius 2 is 2.00 bits per heavy atom. The van der Waals surface area contributed by atoms with Crippen molar-refractivity contribution in [2.24, 2.45) is 0 Å². The highest BCUT2D eigenvalue weighted by Gasteiger charge is 2.27. The van der Waals surface area contributed by atoms with Gasteiger partial charge in [0.2, 0.25) is 0 Å². The van der Waals surface area contributed by atoms with E-state index in [1.165, 1.54) is 11.0 Å². The number of aromatic hydroxyl groups is 1. The van der Waals surface area contributed by atoms with E-state index in [4.69, 9.17) is 0 Å². The van der Waals surface area contributed by atoms with Crippen LogP contribution in [0.4, 0.5) is 0 Å². The van der Waals surface area contributed by atoms with Gasteiger partial charge in [-0.1, -0.05) is 0 Å². The molecule has 1 aromatic rings. The van der Waals surface area contributed by atoms with Crippen molar-refractivity contribution in [1.29, 1.82) is 0 Å². The molecule has 0 unspecified atom stereocenters. The molecular weight excluding hydrogens is 218 g/mol. The fraction of sp³-hybridized carbons (Fsp3) is 0.462. The van der Waals surface area contributed by atoms with E-state index in [1.807, 2.05) is 0 Å². The summed E-state index contributed by atoms with van der Waals surface area (Å²) < 4.78 is 0. The molecule has 0 saturated heterocycles. The zero-order valence-corrected chi connectivity index (χ0v) is 10.7. The highest BCUT2D eigenvalue weighted by molar-refractivity contribution is 5.94. The molecule has 0 fully saturated rings. The average Bonchev–Trinajstić information content (AvgIpc) is 2.30. The number of amides is 1. The summed E-state index contributed by atoms with van der Waals surface area (Å²) >= 11 is 0. The second-order valence-electron chi connectivity index (χ2n) is 4.84. The number of aryl methyl sites for hydroxylation is 1. The molecule has 0 heterocycles. The molecular formula is C13H19NO3. The third kappa shape index (κ3) is 2.77. The number of carbonyl (C=O) groups excluding carboxylic acids is 1. The molecule has 17 heavy (non-hydrogen) atoms. The van der Waals surface area contributed by atoms with Gasteiger partial charge in [-0.15, -0.1) is 0 Å². The second kappa shape index (κ2) is 4.75. The lowest BCUT2D eigenvalue weighted by molar-refractivity contribution is 0.0473. The first-order chi connectivity index (χ1) is 7.79. The lowest BCUT2D eigenvalue weighted by Crippen LogP contribution is -2.47. The number of hydrogen-bond donors (Lipinski definition) is 2. The van der Waals surface area contributed by atoms with E-state index < -0.39 is 5.54 Å².